The number of benzene rings is 2. The lowest BCUT2D eigenvalue weighted by molar-refractivity contribution is 0.411. The highest BCUT2D eigenvalue weighted by Gasteiger charge is 2.00. The molecular weight excluding hydrogens is 279 g/mol. The van der Waals surface area contributed by atoms with Crippen LogP contribution in [0.4, 0.5) is 4.39 Å². The number of halogens is 1. The molecule has 0 amide bonds. The highest BCUT2D eigenvalue weighted by atomic mass is 19.1. The largest absolute Gasteiger partial charge is 0.497 e. The smallest absolute Gasteiger partial charge is 0.135 e. The van der Waals surface area contributed by atoms with Crippen molar-refractivity contribution in [3.05, 3.63) is 65.0 Å². The van der Waals surface area contributed by atoms with Crippen molar-refractivity contribution in [1.82, 2.24) is 0 Å². The highest BCUT2D eigenvalue weighted by molar-refractivity contribution is 5.83. The van der Waals surface area contributed by atoms with Crippen LogP contribution in [0.1, 0.15) is 30.0 Å². The molecule has 0 aliphatic rings. The quantitative estimate of drug-likeness (QED) is 0.580. The van der Waals surface area contributed by atoms with Gasteiger partial charge in [0.15, 0.2) is 0 Å². The van der Waals surface area contributed by atoms with Gasteiger partial charge in [-0.1, -0.05) is 37.6 Å². The summed E-state index contributed by atoms with van der Waals surface area (Å²) in [6.07, 6.45) is 5.24. The van der Waals surface area contributed by atoms with Gasteiger partial charge < -0.3 is 4.74 Å². The molecule has 2 aromatic carbocycles. The Morgan fingerprint density at radius 3 is 2.41 bits per heavy atom. The lowest BCUT2D eigenvalue weighted by Crippen LogP contribution is -1.90. The Morgan fingerprint density at radius 1 is 1.05 bits per heavy atom. The van der Waals surface area contributed by atoms with E-state index in [0.29, 0.717) is 11.3 Å². The molecule has 4 heteroatoms. The second-order valence-corrected chi connectivity index (χ2v) is 4.87. The number of hydrogen-bond acceptors (Lipinski definition) is 3. The first-order valence-corrected chi connectivity index (χ1v) is 7.22. The van der Waals surface area contributed by atoms with Crippen molar-refractivity contribution in [2.24, 2.45) is 10.2 Å². The summed E-state index contributed by atoms with van der Waals surface area (Å²) in [6.45, 7) is 2.16. The minimum Gasteiger partial charge on any atom is -0.497 e. The SMILES string of the molecule is CCCc1ccc(/C=N/N=C/c2ccc(OC)cc2F)cc1. The van der Waals surface area contributed by atoms with Crippen LogP contribution in [-0.2, 0) is 6.42 Å². The number of ether oxygens (including phenoxy) is 1. The average Bonchev–Trinajstić information content (AvgIpc) is 2.54. The van der Waals surface area contributed by atoms with Crippen molar-refractivity contribution in [3.8, 4) is 5.75 Å². The van der Waals surface area contributed by atoms with Crippen molar-refractivity contribution in [2.45, 2.75) is 19.8 Å². The Hall–Kier alpha value is -2.49. The van der Waals surface area contributed by atoms with Crippen LogP contribution in [-0.4, -0.2) is 19.5 Å². The van der Waals surface area contributed by atoms with E-state index in [2.05, 4.69) is 29.3 Å². The summed E-state index contributed by atoms with van der Waals surface area (Å²) in [7, 11) is 1.50. The van der Waals surface area contributed by atoms with Gasteiger partial charge in [0.2, 0.25) is 0 Å². The molecule has 0 spiro atoms. The molecule has 0 bridgehead atoms. The van der Waals surface area contributed by atoms with E-state index in [1.165, 1.54) is 25.0 Å². The summed E-state index contributed by atoms with van der Waals surface area (Å²) in [4.78, 5) is 0. The molecule has 0 fully saturated rings. The molecule has 2 aromatic rings. The van der Waals surface area contributed by atoms with Gasteiger partial charge >= 0.3 is 0 Å². The number of hydrogen-bond donors (Lipinski definition) is 0. The third kappa shape index (κ3) is 4.52. The van der Waals surface area contributed by atoms with Crippen LogP contribution in [0.5, 0.6) is 5.75 Å². The topological polar surface area (TPSA) is 34.0 Å². The summed E-state index contributed by atoms with van der Waals surface area (Å²) in [5, 5.41) is 7.82. The van der Waals surface area contributed by atoms with Gasteiger partial charge in [-0.2, -0.15) is 10.2 Å². The van der Waals surface area contributed by atoms with Crippen LogP contribution in [0.25, 0.3) is 0 Å². The minimum atomic E-state index is -0.387. The van der Waals surface area contributed by atoms with Crippen molar-refractivity contribution < 1.29 is 9.13 Å². The highest BCUT2D eigenvalue weighted by Crippen LogP contribution is 2.14. The molecule has 0 saturated heterocycles. The number of nitrogens with zero attached hydrogens (tertiary/aromatic N) is 2. The normalized spacial score (nSPS) is 11.4. The Kier molecular flexibility index (Phi) is 5.83. The molecule has 0 radical (unpaired) electrons. The molecule has 0 aliphatic carbocycles. The van der Waals surface area contributed by atoms with E-state index in [9.17, 15) is 4.39 Å². The van der Waals surface area contributed by atoms with Gasteiger partial charge in [-0.3, -0.25) is 0 Å². The van der Waals surface area contributed by atoms with E-state index in [0.717, 1.165) is 18.4 Å². The van der Waals surface area contributed by atoms with Crippen molar-refractivity contribution in [1.29, 1.82) is 0 Å². The molecule has 0 N–H and O–H groups in total. The first-order valence-electron chi connectivity index (χ1n) is 7.22. The molecule has 22 heavy (non-hydrogen) atoms. The molecule has 0 saturated carbocycles. The number of rotatable bonds is 6. The summed E-state index contributed by atoms with van der Waals surface area (Å²) in [5.41, 5.74) is 2.65. The zero-order valence-corrected chi connectivity index (χ0v) is 12.8. The molecule has 114 valence electrons. The van der Waals surface area contributed by atoms with Gasteiger partial charge in [-0.25, -0.2) is 4.39 Å². The van der Waals surface area contributed by atoms with Crippen LogP contribution >= 0.6 is 0 Å². The Bertz CT molecular complexity index is 663. The first kappa shape index (κ1) is 15.9. The number of methoxy groups -OCH3 is 1. The van der Waals surface area contributed by atoms with Crippen LogP contribution in [0.15, 0.2) is 52.7 Å². The zero-order valence-electron chi connectivity index (χ0n) is 12.8. The fourth-order valence-corrected chi connectivity index (χ4v) is 1.99. The maximum absolute atomic E-state index is 13.7. The average molecular weight is 298 g/mol. The Morgan fingerprint density at radius 2 is 1.77 bits per heavy atom. The summed E-state index contributed by atoms with van der Waals surface area (Å²) >= 11 is 0. The lowest BCUT2D eigenvalue weighted by Gasteiger charge is -2.00. The molecule has 0 aliphatic heterocycles. The van der Waals surface area contributed by atoms with E-state index in [1.54, 1.807) is 18.3 Å². The van der Waals surface area contributed by atoms with Crippen molar-refractivity contribution in [2.75, 3.05) is 7.11 Å². The summed E-state index contributed by atoms with van der Waals surface area (Å²) < 4.78 is 18.6. The molecule has 3 nitrogen and oxygen atoms in total. The minimum absolute atomic E-state index is 0.372. The molecule has 2 rings (SSSR count). The van der Waals surface area contributed by atoms with Crippen molar-refractivity contribution >= 4 is 12.4 Å². The van der Waals surface area contributed by atoms with E-state index < -0.39 is 0 Å². The molecule has 0 atom stereocenters. The zero-order chi connectivity index (χ0) is 15.8. The van der Waals surface area contributed by atoms with Crippen LogP contribution in [0.3, 0.4) is 0 Å². The van der Waals surface area contributed by atoms with E-state index in [1.807, 2.05) is 12.1 Å². The van der Waals surface area contributed by atoms with Gasteiger partial charge in [0.25, 0.3) is 0 Å². The Balaban J connectivity index is 1.99. The van der Waals surface area contributed by atoms with Gasteiger partial charge in [0, 0.05) is 11.6 Å². The fourth-order valence-electron chi connectivity index (χ4n) is 1.99. The standard InChI is InChI=1S/C18H19FN2O/c1-3-4-14-5-7-15(8-6-14)12-20-21-13-16-9-10-17(22-2)11-18(16)19/h5-13H,3-4H2,1-2H3/b20-12+,21-13+. The second kappa shape index (κ2) is 8.08. The maximum Gasteiger partial charge on any atom is 0.135 e. The van der Waals surface area contributed by atoms with Gasteiger partial charge in [-0.05, 0) is 29.7 Å². The van der Waals surface area contributed by atoms with E-state index in [-0.39, 0.29) is 5.82 Å². The monoisotopic (exact) mass is 298 g/mol. The van der Waals surface area contributed by atoms with Crippen LogP contribution in [0, 0.1) is 5.82 Å². The Labute approximate surface area is 130 Å². The summed E-state index contributed by atoms with van der Waals surface area (Å²) in [5.74, 6) is 0.0903. The first-order chi connectivity index (χ1) is 10.7. The third-order valence-electron chi connectivity index (χ3n) is 3.20. The predicted octanol–water partition coefficient (Wildman–Crippen LogP) is 4.24. The molecule has 0 unspecified atom stereocenters. The third-order valence-corrected chi connectivity index (χ3v) is 3.20. The number of aryl methyl sites for hydroxylation is 1. The predicted molar refractivity (Wildman–Crippen MR) is 88.6 cm³/mol. The fraction of sp³-hybridized carbons (Fsp3) is 0.222. The summed E-state index contributed by atoms with van der Waals surface area (Å²) in [6, 6.07) is 12.8. The second-order valence-electron chi connectivity index (χ2n) is 4.87. The molecule has 0 aromatic heterocycles. The molecular formula is C18H19FN2O. The lowest BCUT2D eigenvalue weighted by atomic mass is 10.1. The van der Waals surface area contributed by atoms with E-state index >= 15 is 0 Å². The van der Waals surface area contributed by atoms with Crippen LogP contribution in [0.2, 0.25) is 0 Å². The van der Waals surface area contributed by atoms with E-state index in [4.69, 9.17) is 4.74 Å². The maximum atomic E-state index is 13.7. The van der Waals surface area contributed by atoms with Gasteiger partial charge in [0.05, 0.1) is 19.5 Å². The molecule has 0 heterocycles. The van der Waals surface area contributed by atoms with Crippen LogP contribution < -0.4 is 4.74 Å². The van der Waals surface area contributed by atoms with Crippen molar-refractivity contribution in [3.63, 3.8) is 0 Å². The van der Waals surface area contributed by atoms with Gasteiger partial charge in [-0.15, -0.1) is 0 Å². The van der Waals surface area contributed by atoms with Gasteiger partial charge in [0.1, 0.15) is 11.6 Å².